The van der Waals surface area contributed by atoms with Crippen molar-refractivity contribution in [1.29, 1.82) is 0 Å². The molecule has 1 aromatic carbocycles. The molecule has 2 aromatic rings. The van der Waals surface area contributed by atoms with Crippen molar-refractivity contribution in [3.63, 3.8) is 0 Å². The molecule has 1 N–H and O–H groups in total. The number of nitrogens with zero attached hydrogens (tertiary/aromatic N) is 1. The van der Waals surface area contributed by atoms with E-state index >= 15 is 0 Å². The summed E-state index contributed by atoms with van der Waals surface area (Å²) in [5.41, 5.74) is 2.83. The molecular formula is C14H15FN2O. The van der Waals surface area contributed by atoms with Crippen LogP contribution in [0.1, 0.15) is 11.3 Å². The monoisotopic (exact) mass is 246 g/mol. The maximum Gasteiger partial charge on any atom is 0.144 e. The van der Waals surface area contributed by atoms with Gasteiger partial charge in [-0.3, -0.25) is 4.98 Å². The first kappa shape index (κ1) is 12.4. The summed E-state index contributed by atoms with van der Waals surface area (Å²) in [4.78, 5) is 4.29. The molecule has 0 saturated carbocycles. The molecule has 0 bridgehead atoms. The van der Waals surface area contributed by atoms with E-state index in [9.17, 15) is 4.39 Å². The van der Waals surface area contributed by atoms with Gasteiger partial charge in [0, 0.05) is 12.3 Å². The summed E-state index contributed by atoms with van der Waals surface area (Å²) in [5, 5.41) is 3.19. The minimum absolute atomic E-state index is 0.314. The highest BCUT2D eigenvalue weighted by Gasteiger charge is 2.05. The van der Waals surface area contributed by atoms with Crippen LogP contribution in [0.4, 0.5) is 10.1 Å². The third-order valence-corrected chi connectivity index (χ3v) is 2.73. The van der Waals surface area contributed by atoms with Gasteiger partial charge in [-0.1, -0.05) is 6.07 Å². The number of hydrogen-bond donors (Lipinski definition) is 1. The Hall–Kier alpha value is -2.10. The Balaban J connectivity index is 2.13. The summed E-state index contributed by atoms with van der Waals surface area (Å²) in [7, 11) is 1.52. The number of methoxy groups -OCH3 is 1. The molecule has 0 aliphatic rings. The normalized spacial score (nSPS) is 10.2. The topological polar surface area (TPSA) is 34.1 Å². The third kappa shape index (κ3) is 2.77. The van der Waals surface area contributed by atoms with Crippen molar-refractivity contribution in [1.82, 2.24) is 4.98 Å². The van der Waals surface area contributed by atoms with Crippen LogP contribution in [0.3, 0.4) is 0 Å². The molecule has 18 heavy (non-hydrogen) atoms. The molecular weight excluding hydrogens is 231 g/mol. The van der Waals surface area contributed by atoms with E-state index in [1.54, 1.807) is 12.3 Å². The Morgan fingerprint density at radius 3 is 2.89 bits per heavy atom. The molecule has 0 radical (unpaired) electrons. The van der Waals surface area contributed by atoms with E-state index < -0.39 is 0 Å². The molecule has 0 spiro atoms. The van der Waals surface area contributed by atoms with Crippen molar-refractivity contribution in [3.05, 3.63) is 53.6 Å². The molecule has 2 rings (SSSR count). The average molecular weight is 246 g/mol. The summed E-state index contributed by atoms with van der Waals surface area (Å²) in [6.45, 7) is 2.58. The first-order chi connectivity index (χ1) is 8.70. The molecule has 0 aliphatic carbocycles. The molecule has 0 aliphatic heterocycles. The lowest BCUT2D eigenvalue weighted by Gasteiger charge is -2.11. The zero-order chi connectivity index (χ0) is 13.0. The number of pyridine rings is 1. The quantitative estimate of drug-likeness (QED) is 0.899. The third-order valence-electron chi connectivity index (χ3n) is 2.73. The second-order valence-electron chi connectivity index (χ2n) is 3.97. The number of anilines is 1. The number of rotatable bonds is 4. The summed E-state index contributed by atoms with van der Waals surface area (Å²) in [6, 6.07) is 8.32. The lowest BCUT2D eigenvalue weighted by Crippen LogP contribution is -2.04. The standard InChI is InChI=1S/C14H15FN2O/c1-10-4-3-7-16-13(10)9-17-12-6-5-11(15)8-14(12)18-2/h3-8,17H,9H2,1-2H3. The zero-order valence-electron chi connectivity index (χ0n) is 10.4. The number of benzene rings is 1. The van der Waals surface area contributed by atoms with Crippen molar-refractivity contribution in [2.75, 3.05) is 12.4 Å². The smallest absolute Gasteiger partial charge is 0.144 e. The minimum Gasteiger partial charge on any atom is -0.494 e. The highest BCUT2D eigenvalue weighted by atomic mass is 19.1. The van der Waals surface area contributed by atoms with E-state index in [1.165, 1.54) is 19.2 Å². The number of aryl methyl sites for hydroxylation is 1. The van der Waals surface area contributed by atoms with Gasteiger partial charge in [-0.05, 0) is 30.7 Å². The summed E-state index contributed by atoms with van der Waals surface area (Å²) in [6.07, 6.45) is 1.76. The molecule has 3 nitrogen and oxygen atoms in total. The van der Waals surface area contributed by atoms with Crippen molar-refractivity contribution < 1.29 is 9.13 Å². The second kappa shape index (κ2) is 5.49. The average Bonchev–Trinajstić information content (AvgIpc) is 2.39. The molecule has 0 amide bonds. The van der Waals surface area contributed by atoms with Crippen LogP contribution in [0.25, 0.3) is 0 Å². The van der Waals surface area contributed by atoms with Gasteiger partial charge in [0.1, 0.15) is 11.6 Å². The second-order valence-corrected chi connectivity index (χ2v) is 3.97. The van der Waals surface area contributed by atoms with Crippen LogP contribution < -0.4 is 10.1 Å². The van der Waals surface area contributed by atoms with Gasteiger partial charge in [0.15, 0.2) is 0 Å². The number of nitrogens with one attached hydrogen (secondary N) is 1. The Bertz CT molecular complexity index is 543. The van der Waals surface area contributed by atoms with Gasteiger partial charge < -0.3 is 10.1 Å². The van der Waals surface area contributed by atoms with Crippen LogP contribution in [0, 0.1) is 12.7 Å². The van der Waals surface area contributed by atoms with Crippen LogP contribution in [-0.2, 0) is 6.54 Å². The van der Waals surface area contributed by atoms with Crippen LogP contribution in [-0.4, -0.2) is 12.1 Å². The molecule has 1 heterocycles. The fourth-order valence-electron chi connectivity index (χ4n) is 1.69. The van der Waals surface area contributed by atoms with Crippen molar-refractivity contribution in [2.45, 2.75) is 13.5 Å². The SMILES string of the molecule is COc1cc(F)ccc1NCc1ncccc1C. The Morgan fingerprint density at radius 2 is 2.17 bits per heavy atom. The molecule has 4 heteroatoms. The van der Waals surface area contributed by atoms with Gasteiger partial charge in [-0.15, -0.1) is 0 Å². The Kier molecular flexibility index (Phi) is 3.77. The van der Waals surface area contributed by atoms with Crippen LogP contribution >= 0.6 is 0 Å². The van der Waals surface area contributed by atoms with Crippen LogP contribution in [0.5, 0.6) is 5.75 Å². The fourth-order valence-corrected chi connectivity index (χ4v) is 1.69. The van der Waals surface area contributed by atoms with Crippen molar-refractivity contribution >= 4 is 5.69 Å². The van der Waals surface area contributed by atoms with Gasteiger partial charge in [0.2, 0.25) is 0 Å². The molecule has 94 valence electrons. The van der Waals surface area contributed by atoms with Gasteiger partial charge in [0.25, 0.3) is 0 Å². The maximum atomic E-state index is 13.0. The zero-order valence-corrected chi connectivity index (χ0v) is 10.4. The maximum absolute atomic E-state index is 13.0. The van der Waals surface area contributed by atoms with Crippen LogP contribution in [0.15, 0.2) is 36.5 Å². The Morgan fingerprint density at radius 1 is 1.33 bits per heavy atom. The summed E-state index contributed by atoms with van der Waals surface area (Å²) in [5.74, 6) is 0.176. The highest BCUT2D eigenvalue weighted by Crippen LogP contribution is 2.25. The largest absolute Gasteiger partial charge is 0.494 e. The molecule has 0 fully saturated rings. The predicted octanol–water partition coefficient (Wildman–Crippen LogP) is 3.15. The first-order valence-electron chi connectivity index (χ1n) is 5.68. The van der Waals surface area contributed by atoms with Gasteiger partial charge in [-0.2, -0.15) is 0 Å². The molecule has 0 atom stereocenters. The van der Waals surface area contributed by atoms with Crippen molar-refractivity contribution in [2.24, 2.45) is 0 Å². The van der Waals surface area contributed by atoms with Gasteiger partial charge in [-0.25, -0.2) is 4.39 Å². The summed E-state index contributed by atoms with van der Waals surface area (Å²) < 4.78 is 18.2. The number of halogens is 1. The lowest BCUT2D eigenvalue weighted by molar-refractivity contribution is 0.413. The van der Waals surface area contributed by atoms with Gasteiger partial charge in [0.05, 0.1) is 25.0 Å². The van der Waals surface area contributed by atoms with E-state index in [1.807, 2.05) is 19.1 Å². The van der Waals surface area contributed by atoms with Crippen molar-refractivity contribution in [3.8, 4) is 5.75 Å². The highest BCUT2D eigenvalue weighted by molar-refractivity contribution is 5.56. The van der Waals surface area contributed by atoms with Crippen LogP contribution in [0.2, 0.25) is 0 Å². The Labute approximate surface area is 106 Å². The molecule has 0 unspecified atom stereocenters. The van der Waals surface area contributed by atoms with Gasteiger partial charge >= 0.3 is 0 Å². The molecule has 0 saturated heterocycles. The number of hydrogen-bond acceptors (Lipinski definition) is 3. The lowest BCUT2D eigenvalue weighted by atomic mass is 10.2. The van der Waals surface area contributed by atoms with E-state index in [4.69, 9.17) is 4.74 Å². The molecule has 1 aromatic heterocycles. The predicted molar refractivity (Wildman–Crippen MR) is 69.3 cm³/mol. The number of ether oxygens (including phenoxy) is 1. The summed E-state index contributed by atoms with van der Waals surface area (Å²) >= 11 is 0. The van der Waals surface area contributed by atoms with E-state index in [0.717, 1.165) is 16.9 Å². The van der Waals surface area contributed by atoms with E-state index in [-0.39, 0.29) is 5.82 Å². The van der Waals surface area contributed by atoms with E-state index in [0.29, 0.717) is 12.3 Å². The first-order valence-corrected chi connectivity index (χ1v) is 5.68. The van der Waals surface area contributed by atoms with E-state index in [2.05, 4.69) is 10.3 Å². The fraction of sp³-hybridized carbons (Fsp3) is 0.214. The minimum atomic E-state index is -0.314. The number of aromatic nitrogens is 1.